The monoisotopic (exact) mass is 534 g/mol. The number of carbonyl (C=O) groups excluding carboxylic acids is 2. The molecule has 0 rings (SSSR count). The second-order valence-electron chi connectivity index (χ2n) is 8.99. The molecule has 0 aromatic carbocycles. The summed E-state index contributed by atoms with van der Waals surface area (Å²) in [5.74, 6) is -0.347. The van der Waals surface area contributed by atoms with E-state index < -0.39 is 6.23 Å². The highest BCUT2D eigenvalue weighted by Crippen LogP contribution is 2.10. The number of rotatable bonds is 29. The summed E-state index contributed by atoms with van der Waals surface area (Å²) >= 11 is 0. The fraction of sp³-hybridized carbons (Fsp3) is 0.926. The van der Waals surface area contributed by atoms with Gasteiger partial charge in [-0.1, -0.05) is 58.3 Å². The van der Waals surface area contributed by atoms with Crippen molar-refractivity contribution >= 4 is 11.8 Å². The van der Waals surface area contributed by atoms with E-state index in [0.717, 1.165) is 19.3 Å². The van der Waals surface area contributed by atoms with Gasteiger partial charge in [0.25, 0.3) is 0 Å². The van der Waals surface area contributed by atoms with E-state index in [4.69, 9.17) is 23.7 Å². The molecule has 0 aliphatic heterocycles. The van der Waals surface area contributed by atoms with Crippen LogP contribution in [0.2, 0.25) is 0 Å². The molecule has 0 aromatic heterocycles. The Balaban J connectivity index is 3.40. The number of amides is 2. The van der Waals surface area contributed by atoms with E-state index in [-0.39, 0.29) is 24.7 Å². The van der Waals surface area contributed by atoms with Crippen molar-refractivity contribution in [3.63, 3.8) is 0 Å². The van der Waals surface area contributed by atoms with Crippen molar-refractivity contribution in [3.05, 3.63) is 0 Å². The lowest BCUT2D eigenvalue weighted by Crippen LogP contribution is -2.36. The highest BCUT2D eigenvalue weighted by molar-refractivity contribution is 5.77. The Kier molecular flexibility index (Phi) is 28.2. The predicted molar refractivity (Wildman–Crippen MR) is 143 cm³/mol. The zero-order chi connectivity index (χ0) is 27.2. The van der Waals surface area contributed by atoms with Crippen LogP contribution in [0.4, 0.5) is 0 Å². The molecule has 2 amide bonds. The van der Waals surface area contributed by atoms with Gasteiger partial charge >= 0.3 is 0 Å². The smallest absolute Gasteiger partial charge is 0.221 e. The van der Waals surface area contributed by atoms with Crippen molar-refractivity contribution in [1.82, 2.24) is 10.6 Å². The fourth-order valence-electron chi connectivity index (χ4n) is 3.45. The van der Waals surface area contributed by atoms with Crippen molar-refractivity contribution in [2.45, 2.75) is 90.2 Å². The Labute approximate surface area is 224 Å². The first-order valence-corrected chi connectivity index (χ1v) is 14.1. The van der Waals surface area contributed by atoms with Crippen LogP contribution in [0.15, 0.2) is 0 Å². The van der Waals surface area contributed by atoms with Crippen molar-refractivity contribution in [3.8, 4) is 0 Å². The Bertz CT molecular complexity index is 511. The van der Waals surface area contributed by atoms with Crippen molar-refractivity contribution in [2.75, 3.05) is 73.1 Å². The molecule has 0 aromatic rings. The van der Waals surface area contributed by atoms with Crippen molar-refractivity contribution < 1.29 is 38.4 Å². The van der Waals surface area contributed by atoms with Crippen LogP contribution >= 0.6 is 0 Å². The molecule has 220 valence electrons. The molecule has 37 heavy (non-hydrogen) atoms. The van der Waals surface area contributed by atoms with Gasteiger partial charge in [0.1, 0.15) is 6.23 Å². The molecular weight excluding hydrogens is 480 g/mol. The minimum atomic E-state index is -1.00. The zero-order valence-electron chi connectivity index (χ0n) is 23.4. The predicted octanol–water partition coefficient (Wildman–Crippen LogP) is 2.95. The van der Waals surface area contributed by atoms with Crippen LogP contribution in [0.5, 0.6) is 0 Å². The average molecular weight is 535 g/mol. The van der Waals surface area contributed by atoms with Gasteiger partial charge < -0.3 is 39.4 Å². The number of hydrogen-bond acceptors (Lipinski definition) is 8. The molecule has 0 spiro atoms. The second kappa shape index (κ2) is 29.3. The fourth-order valence-corrected chi connectivity index (χ4v) is 3.45. The van der Waals surface area contributed by atoms with E-state index in [1.807, 2.05) is 0 Å². The van der Waals surface area contributed by atoms with Crippen LogP contribution in [0.3, 0.4) is 0 Å². The molecule has 0 saturated heterocycles. The highest BCUT2D eigenvalue weighted by atomic mass is 16.6. The summed E-state index contributed by atoms with van der Waals surface area (Å²) < 4.78 is 26.3. The quantitative estimate of drug-likeness (QED) is 0.0988. The third-order valence-electron chi connectivity index (χ3n) is 5.60. The number of aliphatic hydroxyl groups excluding tert-OH is 1. The number of methoxy groups -OCH3 is 1. The summed E-state index contributed by atoms with van der Waals surface area (Å²) in [6, 6.07) is 0. The average Bonchev–Trinajstić information content (AvgIpc) is 2.88. The molecule has 0 radical (unpaired) electrons. The maximum absolute atomic E-state index is 11.9. The van der Waals surface area contributed by atoms with Crippen LogP contribution in [0.25, 0.3) is 0 Å². The molecule has 0 unspecified atom stereocenters. The minimum absolute atomic E-state index is 0.139. The van der Waals surface area contributed by atoms with Crippen LogP contribution < -0.4 is 10.6 Å². The van der Waals surface area contributed by atoms with Crippen LogP contribution in [0.1, 0.15) is 84.0 Å². The Morgan fingerprint density at radius 2 is 1.14 bits per heavy atom. The number of unbranched alkanes of at least 4 members (excludes halogenated alkanes) is 8. The van der Waals surface area contributed by atoms with Gasteiger partial charge in [0.2, 0.25) is 11.8 Å². The molecule has 10 nitrogen and oxygen atoms in total. The number of ether oxygens (including phenoxy) is 5. The maximum atomic E-state index is 11.9. The minimum Gasteiger partial charge on any atom is -0.382 e. The largest absolute Gasteiger partial charge is 0.382 e. The first-order chi connectivity index (χ1) is 18.1. The topological polar surface area (TPSA) is 125 Å². The summed E-state index contributed by atoms with van der Waals surface area (Å²) in [5, 5.41) is 15.2. The SMILES string of the molecule is CCCCCCCCCCCC(=O)N[C@H](O)CCC(=O)NCCOCCOCCOCCOCCOC. The maximum Gasteiger partial charge on any atom is 0.221 e. The van der Waals surface area contributed by atoms with Crippen molar-refractivity contribution in [2.24, 2.45) is 0 Å². The normalized spacial score (nSPS) is 12.0. The van der Waals surface area contributed by atoms with E-state index in [1.54, 1.807) is 7.11 Å². The molecule has 0 aliphatic rings. The van der Waals surface area contributed by atoms with E-state index in [2.05, 4.69) is 17.6 Å². The van der Waals surface area contributed by atoms with Gasteiger partial charge in [0, 0.05) is 32.9 Å². The van der Waals surface area contributed by atoms with Gasteiger partial charge in [-0.3, -0.25) is 9.59 Å². The standard InChI is InChI=1S/C27H54N2O8/c1-3-4-5-6-7-8-9-10-11-12-26(31)29-27(32)14-13-25(30)28-15-16-34-19-20-36-23-24-37-22-21-35-18-17-33-2/h27,32H,3-24H2,1-2H3,(H,28,30)(H,29,31)/t27-/m1/s1. The number of nitrogens with one attached hydrogen (secondary N) is 2. The first-order valence-electron chi connectivity index (χ1n) is 14.1. The molecule has 1 atom stereocenters. The van der Waals surface area contributed by atoms with Crippen molar-refractivity contribution in [1.29, 1.82) is 0 Å². The van der Waals surface area contributed by atoms with Crippen LogP contribution in [0, 0.1) is 0 Å². The van der Waals surface area contributed by atoms with E-state index in [1.165, 1.54) is 38.5 Å². The number of aliphatic hydroxyl groups is 1. The zero-order valence-corrected chi connectivity index (χ0v) is 23.4. The van der Waals surface area contributed by atoms with E-state index in [9.17, 15) is 14.7 Å². The third kappa shape index (κ3) is 29.1. The van der Waals surface area contributed by atoms with Gasteiger partial charge in [-0.25, -0.2) is 0 Å². The number of hydrogen-bond donors (Lipinski definition) is 3. The molecule has 3 N–H and O–H groups in total. The molecule has 0 fully saturated rings. The van der Waals surface area contributed by atoms with Crippen LogP contribution in [-0.2, 0) is 33.3 Å². The Morgan fingerprint density at radius 3 is 1.68 bits per heavy atom. The van der Waals surface area contributed by atoms with Gasteiger partial charge in [-0.05, 0) is 6.42 Å². The summed E-state index contributed by atoms with van der Waals surface area (Å²) in [7, 11) is 1.63. The summed E-state index contributed by atoms with van der Waals surface area (Å²) in [5.41, 5.74) is 0. The van der Waals surface area contributed by atoms with E-state index in [0.29, 0.717) is 72.4 Å². The molecule has 0 aliphatic carbocycles. The Morgan fingerprint density at radius 1 is 0.649 bits per heavy atom. The lowest BCUT2D eigenvalue weighted by molar-refractivity contribution is -0.126. The van der Waals surface area contributed by atoms with Crippen LogP contribution in [-0.4, -0.2) is 96.3 Å². The summed E-state index contributed by atoms with van der Waals surface area (Å²) in [4.78, 5) is 23.8. The lowest BCUT2D eigenvalue weighted by atomic mass is 10.1. The van der Waals surface area contributed by atoms with Gasteiger partial charge in [0.15, 0.2) is 0 Å². The first kappa shape index (κ1) is 35.7. The molecular formula is C27H54N2O8. The van der Waals surface area contributed by atoms with E-state index >= 15 is 0 Å². The molecule has 0 bridgehead atoms. The lowest BCUT2D eigenvalue weighted by Gasteiger charge is -2.13. The molecule has 0 heterocycles. The second-order valence-corrected chi connectivity index (χ2v) is 8.99. The molecule has 0 saturated carbocycles. The number of carbonyl (C=O) groups is 2. The van der Waals surface area contributed by atoms with Gasteiger partial charge in [-0.2, -0.15) is 0 Å². The van der Waals surface area contributed by atoms with Gasteiger partial charge in [-0.15, -0.1) is 0 Å². The summed E-state index contributed by atoms with van der Waals surface area (Å²) in [6.07, 6.45) is 10.5. The summed E-state index contributed by atoms with van der Waals surface area (Å²) in [6.45, 7) is 7.03. The third-order valence-corrected chi connectivity index (χ3v) is 5.60. The molecule has 10 heteroatoms. The Hall–Kier alpha value is -1.30. The highest BCUT2D eigenvalue weighted by Gasteiger charge is 2.11. The van der Waals surface area contributed by atoms with Gasteiger partial charge in [0.05, 0.1) is 59.5 Å².